The summed E-state index contributed by atoms with van der Waals surface area (Å²) in [5, 5.41) is 4.62. The molecular weight excluding hydrogens is 329 g/mol. The van der Waals surface area contributed by atoms with Gasteiger partial charge in [0, 0.05) is 41.8 Å². The molecule has 0 fully saturated rings. The van der Waals surface area contributed by atoms with Gasteiger partial charge in [0.2, 0.25) is 0 Å². The topological polar surface area (TPSA) is 48.0 Å². The third-order valence-corrected chi connectivity index (χ3v) is 4.46. The lowest BCUT2D eigenvalue weighted by Crippen LogP contribution is -2.02. The van der Waals surface area contributed by atoms with Crippen molar-refractivity contribution in [2.75, 3.05) is 0 Å². The fourth-order valence-corrected chi connectivity index (χ4v) is 3.08. The maximum Gasteiger partial charge on any atom is 0.183 e. The highest BCUT2D eigenvalue weighted by atomic mass is 19.1. The molecule has 5 nitrogen and oxygen atoms in total. The highest BCUT2D eigenvalue weighted by Gasteiger charge is 2.16. The van der Waals surface area contributed by atoms with E-state index >= 15 is 0 Å². The fraction of sp³-hybridized carbons (Fsp3) is 0.250. The van der Waals surface area contributed by atoms with Crippen molar-refractivity contribution in [3.05, 3.63) is 60.4 Å². The van der Waals surface area contributed by atoms with Crippen LogP contribution in [-0.2, 0) is 6.54 Å². The molecule has 0 aliphatic rings. The van der Waals surface area contributed by atoms with E-state index in [1.165, 1.54) is 17.8 Å². The Labute approximate surface area is 151 Å². The molecule has 0 amide bonds. The van der Waals surface area contributed by atoms with Crippen LogP contribution >= 0.6 is 0 Å². The van der Waals surface area contributed by atoms with Crippen molar-refractivity contribution in [2.45, 2.75) is 33.2 Å². The number of aromatic nitrogens is 5. The van der Waals surface area contributed by atoms with Crippen molar-refractivity contribution in [1.29, 1.82) is 0 Å². The molecule has 6 heteroatoms. The Hall–Kier alpha value is -3.02. The summed E-state index contributed by atoms with van der Waals surface area (Å²) in [7, 11) is 0. The van der Waals surface area contributed by atoms with Crippen molar-refractivity contribution >= 4 is 5.52 Å². The minimum Gasteiger partial charge on any atom is -0.323 e. The van der Waals surface area contributed by atoms with Crippen LogP contribution in [0.4, 0.5) is 4.39 Å². The van der Waals surface area contributed by atoms with Gasteiger partial charge in [-0.05, 0) is 37.1 Å². The molecule has 132 valence electrons. The number of hydrogen-bond acceptors (Lipinski definition) is 3. The predicted molar refractivity (Wildman–Crippen MR) is 99.2 cm³/mol. The summed E-state index contributed by atoms with van der Waals surface area (Å²) in [4.78, 5) is 8.61. The molecule has 0 N–H and O–H groups in total. The third kappa shape index (κ3) is 2.98. The van der Waals surface area contributed by atoms with Gasteiger partial charge in [-0.25, -0.2) is 14.1 Å². The van der Waals surface area contributed by atoms with Gasteiger partial charge in [0.15, 0.2) is 11.6 Å². The molecule has 0 saturated heterocycles. The Morgan fingerprint density at radius 3 is 2.81 bits per heavy atom. The van der Waals surface area contributed by atoms with E-state index < -0.39 is 0 Å². The van der Waals surface area contributed by atoms with E-state index in [0.717, 1.165) is 36.3 Å². The SMILES string of the molecule is CCCCn1nc(-c2cncc(F)c2)nc1-c1cc2c(C)cccn2c1. The zero-order chi connectivity index (χ0) is 18.1. The van der Waals surface area contributed by atoms with Gasteiger partial charge in [0.05, 0.1) is 6.20 Å². The zero-order valence-corrected chi connectivity index (χ0v) is 14.9. The van der Waals surface area contributed by atoms with Crippen LogP contribution in [0.1, 0.15) is 25.3 Å². The van der Waals surface area contributed by atoms with E-state index in [2.05, 4.69) is 46.7 Å². The van der Waals surface area contributed by atoms with Crippen LogP contribution in [0.5, 0.6) is 0 Å². The minimum atomic E-state index is -0.390. The standard InChI is InChI=1S/C20H20FN5/c1-3-4-8-26-20(16-10-18-14(2)6-5-7-25(18)13-16)23-19(24-26)15-9-17(21)12-22-11-15/h5-7,9-13H,3-4,8H2,1-2H3. The summed E-state index contributed by atoms with van der Waals surface area (Å²) in [6.07, 6.45) is 8.92. The van der Waals surface area contributed by atoms with Crippen LogP contribution in [-0.4, -0.2) is 24.1 Å². The molecule has 0 bridgehead atoms. The molecule has 0 aliphatic heterocycles. The maximum atomic E-state index is 13.5. The number of fused-ring (bicyclic) bond motifs is 1. The smallest absolute Gasteiger partial charge is 0.183 e. The Kier molecular flexibility index (Phi) is 4.24. The normalized spacial score (nSPS) is 11.3. The molecule has 4 aromatic heterocycles. The first-order valence-electron chi connectivity index (χ1n) is 8.79. The van der Waals surface area contributed by atoms with Gasteiger partial charge in [0.1, 0.15) is 5.82 Å². The third-order valence-electron chi connectivity index (χ3n) is 4.46. The first kappa shape index (κ1) is 16.4. The maximum absolute atomic E-state index is 13.5. The van der Waals surface area contributed by atoms with E-state index in [-0.39, 0.29) is 5.82 Å². The molecular formula is C20H20FN5. The average molecular weight is 349 g/mol. The van der Waals surface area contributed by atoms with E-state index in [1.807, 2.05) is 16.9 Å². The van der Waals surface area contributed by atoms with E-state index in [1.54, 1.807) is 6.20 Å². The minimum absolute atomic E-state index is 0.390. The lowest BCUT2D eigenvalue weighted by molar-refractivity contribution is 0.577. The van der Waals surface area contributed by atoms with E-state index in [0.29, 0.717) is 11.4 Å². The Morgan fingerprint density at radius 1 is 1.15 bits per heavy atom. The summed E-state index contributed by atoms with van der Waals surface area (Å²) in [5.74, 6) is 0.898. The predicted octanol–water partition coefficient (Wildman–Crippen LogP) is 4.51. The first-order valence-corrected chi connectivity index (χ1v) is 8.79. The van der Waals surface area contributed by atoms with Crippen molar-refractivity contribution < 1.29 is 4.39 Å². The van der Waals surface area contributed by atoms with Crippen LogP contribution in [0.3, 0.4) is 0 Å². The second-order valence-electron chi connectivity index (χ2n) is 6.44. The second kappa shape index (κ2) is 6.71. The lowest BCUT2D eigenvalue weighted by Gasteiger charge is -2.02. The molecule has 0 aliphatic carbocycles. The molecule has 4 rings (SSSR count). The van der Waals surface area contributed by atoms with E-state index in [9.17, 15) is 4.39 Å². The fourth-order valence-electron chi connectivity index (χ4n) is 3.08. The molecule has 0 spiro atoms. The van der Waals surface area contributed by atoms with Gasteiger partial charge < -0.3 is 4.40 Å². The van der Waals surface area contributed by atoms with Crippen molar-refractivity contribution in [3.8, 4) is 22.8 Å². The van der Waals surface area contributed by atoms with Crippen molar-refractivity contribution in [3.63, 3.8) is 0 Å². The Balaban J connectivity index is 1.83. The number of rotatable bonds is 5. The molecule has 0 aromatic carbocycles. The largest absolute Gasteiger partial charge is 0.323 e. The summed E-state index contributed by atoms with van der Waals surface area (Å²) < 4.78 is 17.5. The molecule has 0 saturated carbocycles. The number of unbranched alkanes of at least 4 members (excludes halogenated alkanes) is 1. The number of aryl methyl sites for hydroxylation is 2. The van der Waals surface area contributed by atoms with E-state index in [4.69, 9.17) is 4.98 Å². The second-order valence-corrected chi connectivity index (χ2v) is 6.44. The molecule has 0 unspecified atom stereocenters. The summed E-state index contributed by atoms with van der Waals surface area (Å²) in [6, 6.07) is 7.65. The van der Waals surface area contributed by atoms with Gasteiger partial charge in [-0.15, -0.1) is 0 Å². The van der Waals surface area contributed by atoms with Gasteiger partial charge >= 0.3 is 0 Å². The summed E-state index contributed by atoms with van der Waals surface area (Å²) in [5.41, 5.74) is 3.93. The zero-order valence-electron chi connectivity index (χ0n) is 14.9. The number of hydrogen-bond donors (Lipinski definition) is 0. The Bertz CT molecular complexity index is 1060. The van der Waals surface area contributed by atoms with Crippen LogP contribution in [0.2, 0.25) is 0 Å². The Morgan fingerprint density at radius 2 is 2.04 bits per heavy atom. The van der Waals surface area contributed by atoms with Gasteiger partial charge in [-0.2, -0.15) is 5.10 Å². The summed E-state index contributed by atoms with van der Waals surface area (Å²) in [6.45, 7) is 5.00. The van der Waals surface area contributed by atoms with Gasteiger partial charge in [-0.3, -0.25) is 4.98 Å². The van der Waals surface area contributed by atoms with Crippen LogP contribution in [0.25, 0.3) is 28.3 Å². The first-order chi connectivity index (χ1) is 12.7. The highest BCUT2D eigenvalue weighted by Crippen LogP contribution is 2.26. The summed E-state index contributed by atoms with van der Waals surface area (Å²) >= 11 is 0. The molecule has 0 radical (unpaired) electrons. The van der Waals surface area contributed by atoms with Crippen LogP contribution in [0.15, 0.2) is 49.1 Å². The quantitative estimate of drug-likeness (QED) is 0.533. The number of nitrogens with zero attached hydrogens (tertiary/aromatic N) is 5. The van der Waals surface area contributed by atoms with Crippen molar-refractivity contribution in [2.24, 2.45) is 0 Å². The molecule has 26 heavy (non-hydrogen) atoms. The monoisotopic (exact) mass is 349 g/mol. The van der Waals surface area contributed by atoms with Gasteiger partial charge in [0.25, 0.3) is 0 Å². The molecule has 0 atom stereocenters. The number of halogens is 1. The number of pyridine rings is 2. The van der Waals surface area contributed by atoms with Crippen LogP contribution < -0.4 is 0 Å². The van der Waals surface area contributed by atoms with Gasteiger partial charge in [-0.1, -0.05) is 19.4 Å². The molecule has 4 aromatic rings. The average Bonchev–Trinajstić information content (AvgIpc) is 3.24. The lowest BCUT2D eigenvalue weighted by atomic mass is 10.2. The van der Waals surface area contributed by atoms with Crippen molar-refractivity contribution in [1.82, 2.24) is 24.1 Å². The van der Waals surface area contributed by atoms with Crippen LogP contribution in [0, 0.1) is 12.7 Å². The highest BCUT2D eigenvalue weighted by molar-refractivity contribution is 5.69. The molecule has 4 heterocycles.